The number of hydrogen-bond acceptors (Lipinski definition) is 4. The van der Waals surface area contributed by atoms with Crippen LogP contribution in [-0.2, 0) is 17.6 Å². The van der Waals surface area contributed by atoms with E-state index < -0.39 is 0 Å². The van der Waals surface area contributed by atoms with Crippen molar-refractivity contribution in [1.29, 1.82) is 0 Å². The minimum atomic E-state index is -0.0905. The van der Waals surface area contributed by atoms with Crippen molar-refractivity contribution < 1.29 is 9.21 Å². The van der Waals surface area contributed by atoms with E-state index in [0.29, 0.717) is 23.1 Å². The third-order valence-electron chi connectivity index (χ3n) is 5.01. The number of nitrogens with zero attached hydrogens (tertiary/aromatic N) is 1. The highest BCUT2D eigenvalue weighted by Gasteiger charge is 2.11. The number of carbonyl (C=O) groups is 1. The summed E-state index contributed by atoms with van der Waals surface area (Å²) in [5, 5.41) is 6.91. The molecule has 0 spiro atoms. The van der Waals surface area contributed by atoms with Crippen molar-refractivity contribution in [2.75, 3.05) is 17.2 Å². The Labute approximate surface area is 192 Å². The molecule has 0 aliphatic heterocycles. The number of nitrogens with one attached hydrogen (secondary N) is 2. The second-order valence-electron chi connectivity index (χ2n) is 7.39. The Balaban J connectivity index is 1.22. The highest BCUT2D eigenvalue weighted by Crippen LogP contribution is 2.28. The maximum atomic E-state index is 12.3. The fourth-order valence-electron chi connectivity index (χ4n) is 3.32. The summed E-state index contributed by atoms with van der Waals surface area (Å²) in [6.45, 7) is 0.849. The minimum absolute atomic E-state index is 0.0905. The smallest absolute Gasteiger partial charge is 0.224 e. The summed E-state index contributed by atoms with van der Waals surface area (Å²) >= 11 is 6.20. The van der Waals surface area contributed by atoms with Gasteiger partial charge in [0.15, 0.2) is 11.7 Å². The number of hydrogen-bond donors (Lipinski definition) is 2. The highest BCUT2D eigenvalue weighted by molar-refractivity contribution is 6.33. The molecule has 0 bridgehead atoms. The molecule has 0 saturated heterocycles. The van der Waals surface area contributed by atoms with E-state index in [2.05, 4.69) is 27.8 Å². The van der Waals surface area contributed by atoms with Crippen LogP contribution >= 0.6 is 11.6 Å². The molecule has 0 atom stereocenters. The number of aryl methyl sites for hydroxylation is 1. The van der Waals surface area contributed by atoms with E-state index in [1.54, 1.807) is 12.3 Å². The van der Waals surface area contributed by atoms with E-state index in [1.165, 1.54) is 5.56 Å². The number of benzene rings is 3. The van der Waals surface area contributed by atoms with Gasteiger partial charge in [-0.1, -0.05) is 54.1 Å². The van der Waals surface area contributed by atoms with Gasteiger partial charge >= 0.3 is 0 Å². The molecule has 1 heterocycles. The Morgan fingerprint density at radius 3 is 2.38 bits per heavy atom. The molecule has 162 valence electrons. The maximum Gasteiger partial charge on any atom is 0.224 e. The molecule has 1 aromatic heterocycles. The summed E-state index contributed by atoms with van der Waals surface area (Å²) < 4.78 is 5.75. The average Bonchev–Trinajstić information content (AvgIpc) is 3.29. The largest absolute Gasteiger partial charge is 0.441 e. The Morgan fingerprint density at radius 1 is 0.875 bits per heavy atom. The Kier molecular flexibility index (Phi) is 7.20. The van der Waals surface area contributed by atoms with Crippen molar-refractivity contribution in [1.82, 2.24) is 4.98 Å². The van der Waals surface area contributed by atoms with Crippen LogP contribution in [0.4, 0.5) is 11.4 Å². The average molecular weight is 446 g/mol. The van der Waals surface area contributed by atoms with Gasteiger partial charge in [-0.25, -0.2) is 4.98 Å². The van der Waals surface area contributed by atoms with Crippen LogP contribution in [-0.4, -0.2) is 17.4 Å². The minimum Gasteiger partial charge on any atom is -0.441 e. The van der Waals surface area contributed by atoms with Crippen molar-refractivity contribution in [3.05, 3.63) is 102 Å². The first-order chi connectivity index (χ1) is 15.7. The Hall–Kier alpha value is -3.57. The van der Waals surface area contributed by atoms with Gasteiger partial charge in [0.1, 0.15) is 0 Å². The molecule has 0 unspecified atom stereocenters. The van der Waals surface area contributed by atoms with Gasteiger partial charge in [0.25, 0.3) is 0 Å². The molecule has 1 amide bonds. The van der Waals surface area contributed by atoms with E-state index in [0.717, 1.165) is 29.9 Å². The van der Waals surface area contributed by atoms with E-state index in [1.807, 2.05) is 60.7 Å². The number of rotatable bonds is 9. The van der Waals surface area contributed by atoms with Crippen LogP contribution in [0, 0.1) is 0 Å². The monoisotopic (exact) mass is 445 g/mol. The topological polar surface area (TPSA) is 67.2 Å². The van der Waals surface area contributed by atoms with Gasteiger partial charge in [0.05, 0.1) is 11.2 Å². The van der Waals surface area contributed by atoms with Crippen LogP contribution in [0.25, 0.3) is 11.3 Å². The molecule has 0 saturated carbocycles. The summed E-state index contributed by atoms with van der Waals surface area (Å²) in [7, 11) is 0. The molecule has 0 radical (unpaired) electrons. The molecule has 6 heteroatoms. The number of carbonyl (C=O) groups excluding carboxylic acids is 1. The normalized spacial score (nSPS) is 10.7. The van der Waals surface area contributed by atoms with Crippen LogP contribution in [0.15, 0.2) is 89.5 Å². The van der Waals surface area contributed by atoms with E-state index >= 15 is 0 Å². The molecule has 3 aromatic carbocycles. The summed E-state index contributed by atoms with van der Waals surface area (Å²) in [4.78, 5) is 16.6. The van der Waals surface area contributed by atoms with Crippen LogP contribution in [0.5, 0.6) is 0 Å². The molecule has 5 nitrogen and oxygen atoms in total. The summed E-state index contributed by atoms with van der Waals surface area (Å²) in [6, 6.07) is 25.5. The molecule has 4 aromatic rings. The highest BCUT2D eigenvalue weighted by atomic mass is 35.5. The van der Waals surface area contributed by atoms with Gasteiger partial charge < -0.3 is 15.1 Å². The molecule has 32 heavy (non-hydrogen) atoms. The first-order valence-electron chi connectivity index (χ1n) is 10.5. The van der Waals surface area contributed by atoms with Crippen LogP contribution < -0.4 is 10.6 Å². The van der Waals surface area contributed by atoms with E-state index in [4.69, 9.17) is 16.0 Å². The van der Waals surface area contributed by atoms with Gasteiger partial charge in [0.2, 0.25) is 5.91 Å². The molecule has 4 rings (SSSR count). The van der Waals surface area contributed by atoms with Crippen LogP contribution in [0.3, 0.4) is 0 Å². The van der Waals surface area contributed by atoms with Crippen molar-refractivity contribution in [2.24, 2.45) is 0 Å². The predicted molar refractivity (Wildman–Crippen MR) is 129 cm³/mol. The van der Waals surface area contributed by atoms with Crippen molar-refractivity contribution in [2.45, 2.75) is 19.3 Å². The summed E-state index contributed by atoms with van der Waals surface area (Å²) in [5.41, 5.74) is 3.86. The van der Waals surface area contributed by atoms with Gasteiger partial charge in [-0.3, -0.25) is 4.79 Å². The third kappa shape index (κ3) is 5.99. The van der Waals surface area contributed by atoms with Gasteiger partial charge in [-0.05, 0) is 48.4 Å². The number of anilines is 2. The lowest BCUT2D eigenvalue weighted by Gasteiger charge is -2.09. The second-order valence-corrected chi connectivity index (χ2v) is 7.79. The first kappa shape index (κ1) is 21.7. The quantitative estimate of drug-likeness (QED) is 0.321. The summed E-state index contributed by atoms with van der Waals surface area (Å²) in [6.07, 6.45) is 3.28. The first-order valence-corrected chi connectivity index (χ1v) is 10.9. The van der Waals surface area contributed by atoms with E-state index in [-0.39, 0.29) is 12.3 Å². The fourth-order valence-corrected chi connectivity index (χ4v) is 3.55. The number of aromatic nitrogens is 1. The zero-order valence-corrected chi connectivity index (χ0v) is 18.3. The predicted octanol–water partition coefficient (Wildman–Crippen LogP) is 6.22. The lowest BCUT2D eigenvalue weighted by molar-refractivity contribution is -0.116. The van der Waals surface area contributed by atoms with Crippen LogP contribution in [0.1, 0.15) is 17.9 Å². The fraction of sp³-hybridized carbons (Fsp3) is 0.154. The zero-order valence-electron chi connectivity index (χ0n) is 17.6. The number of halogens is 1. The standard InChI is InChI=1S/C26H24ClN3O2/c27-23-9-5-4-8-22(23)24-18-29-26(32-24)15-14-25(31)30-21-12-10-20(11-13-21)28-17-16-19-6-2-1-3-7-19/h1-13,18,28H,14-17H2,(H,30,31). The zero-order chi connectivity index (χ0) is 22.2. The van der Waals surface area contributed by atoms with Crippen molar-refractivity contribution >= 4 is 28.9 Å². The molecule has 0 aliphatic carbocycles. The number of oxazole rings is 1. The lowest BCUT2D eigenvalue weighted by atomic mass is 10.1. The molecule has 0 fully saturated rings. The molecular weight excluding hydrogens is 422 g/mol. The van der Waals surface area contributed by atoms with E-state index in [9.17, 15) is 4.79 Å². The molecule has 2 N–H and O–H groups in total. The van der Waals surface area contributed by atoms with Crippen LogP contribution in [0.2, 0.25) is 5.02 Å². The third-order valence-corrected chi connectivity index (χ3v) is 5.34. The van der Waals surface area contributed by atoms with Crippen molar-refractivity contribution in [3.63, 3.8) is 0 Å². The van der Waals surface area contributed by atoms with Gasteiger partial charge in [-0.2, -0.15) is 0 Å². The Morgan fingerprint density at radius 2 is 1.59 bits per heavy atom. The second kappa shape index (κ2) is 10.6. The maximum absolute atomic E-state index is 12.3. The van der Waals surface area contributed by atoms with Gasteiger partial charge in [0, 0.05) is 36.3 Å². The van der Waals surface area contributed by atoms with Gasteiger partial charge in [-0.15, -0.1) is 0 Å². The molecular formula is C26H24ClN3O2. The summed E-state index contributed by atoms with van der Waals surface area (Å²) in [5.74, 6) is 1.02. The number of amides is 1. The Bertz CT molecular complexity index is 1160. The SMILES string of the molecule is O=C(CCc1ncc(-c2ccccc2Cl)o1)Nc1ccc(NCCc2ccccc2)cc1. The lowest BCUT2D eigenvalue weighted by Crippen LogP contribution is -2.12. The molecule has 0 aliphatic rings. The van der Waals surface area contributed by atoms with Crippen molar-refractivity contribution in [3.8, 4) is 11.3 Å².